The van der Waals surface area contributed by atoms with E-state index in [1.807, 2.05) is 0 Å². The largest absolute Gasteiger partial charge is 0.296 e. The number of hydrogen-bond acceptors (Lipinski definition) is 2. The smallest absolute Gasteiger partial charge is 0.102 e. The Kier molecular flexibility index (Phi) is 2.68. The first-order valence-corrected chi connectivity index (χ1v) is 5.52. The van der Waals surface area contributed by atoms with Gasteiger partial charge in [-0.3, -0.25) is 10.3 Å². The normalized spacial score (nSPS) is 40.5. The summed E-state index contributed by atoms with van der Waals surface area (Å²) < 4.78 is 0. The highest BCUT2D eigenvalue weighted by atomic mass is 15.1. The minimum absolute atomic E-state index is 0.443. The van der Waals surface area contributed by atoms with E-state index in [9.17, 15) is 0 Å². The third-order valence-corrected chi connectivity index (χ3v) is 3.26. The van der Waals surface area contributed by atoms with E-state index in [1.165, 1.54) is 31.4 Å². The molecule has 0 aliphatic carbocycles. The van der Waals surface area contributed by atoms with Gasteiger partial charge in [0.1, 0.15) is 6.17 Å². The molecule has 0 bridgehead atoms. The Morgan fingerprint density at radius 2 is 2.31 bits per heavy atom. The molecule has 0 spiro atoms. The van der Waals surface area contributed by atoms with Gasteiger partial charge < -0.3 is 0 Å². The molecule has 2 heterocycles. The molecule has 0 aromatic rings. The van der Waals surface area contributed by atoms with Gasteiger partial charge in [0.05, 0.1) is 0 Å². The van der Waals surface area contributed by atoms with Crippen LogP contribution in [0.15, 0.2) is 4.99 Å². The zero-order valence-electron chi connectivity index (χ0n) is 8.71. The fourth-order valence-corrected chi connectivity index (χ4v) is 2.73. The minimum atomic E-state index is 0.443. The Bertz CT molecular complexity index is 210. The number of piperidine rings is 1. The summed E-state index contributed by atoms with van der Waals surface area (Å²) in [6.45, 7) is 5.69. The van der Waals surface area contributed by atoms with Crippen molar-refractivity contribution in [1.29, 1.82) is 0 Å². The molecule has 0 radical (unpaired) electrons. The number of nitrogens with one attached hydrogen (secondary N) is 1. The molecule has 13 heavy (non-hydrogen) atoms. The Morgan fingerprint density at radius 1 is 1.46 bits per heavy atom. The molecule has 74 valence electrons. The van der Waals surface area contributed by atoms with Crippen LogP contribution in [0.5, 0.6) is 0 Å². The first kappa shape index (κ1) is 9.20. The van der Waals surface area contributed by atoms with Crippen molar-refractivity contribution in [3.05, 3.63) is 0 Å². The van der Waals surface area contributed by atoms with Crippen molar-refractivity contribution in [2.45, 2.75) is 45.7 Å². The molecule has 1 saturated heterocycles. The predicted octanol–water partition coefficient (Wildman–Crippen LogP) is 2.20. The van der Waals surface area contributed by atoms with Crippen molar-refractivity contribution in [3.63, 3.8) is 0 Å². The second-order valence-corrected chi connectivity index (χ2v) is 4.71. The summed E-state index contributed by atoms with van der Waals surface area (Å²) in [6, 6.07) is 0. The highest BCUT2D eigenvalue weighted by molar-refractivity contribution is 5.82. The van der Waals surface area contributed by atoms with E-state index in [0.717, 1.165) is 18.4 Å². The standard InChI is InChI=1S/C11H20N2/c1-8-6-9(2)13-11-10(7-8)4-3-5-12-11/h8,10-12H,3-7H2,1-2H3. The maximum atomic E-state index is 4.75. The average molecular weight is 180 g/mol. The van der Waals surface area contributed by atoms with Crippen LogP contribution in [0, 0.1) is 11.8 Å². The lowest BCUT2D eigenvalue weighted by Gasteiger charge is -2.29. The Labute approximate surface area is 80.8 Å². The molecule has 0 saturated carbocycles. The minimum Gasteiger partial charge on any atom is -0.296 e. The number of nitrogens with zero attached hydrogens (tertiary/aromatic N) is 1. The van der Waals surface area contributed by atoms with Crippen LogP contribution < -0.4 is 5.32 Å². The summed E-state index contributed by atoms with van der Waals surface area (Å²) in [5.74, 6) is 1.64. The van der Waals surface area contributed by atoms with Crippen molar-refractivity contribution in [3.8, 4) is 0 Å². The summed E-state index contributed by atoms with van der Waals surface area (Å²) in [5.41, 5.74) is 1.34. The molecule has 2 rings (SSSR count). The third kappa shape index (κ3) is 2.11. The fourth-order valence-electron chi connectivity index (χ4n) is 2.73. The lowest BCUT2D eigenvalue weighted by atomic mass is 9.87. The summed E-state index contributed by atoms with van der Waals surface area (Å²) in [7, 11) is 0. The zero-order chi connectivity index (χ0) is 9.26. The van der Waals surface area contributed by atoms with Crippen LogP contribution in [0.1, 0.15) is 39.5 Å². The fraction of sp³-hybridized carbons (Fsp3) is 0.909. The molecule has 2 aliphatic heterocycles. The molecular weight excluding hydrogens is 160 g/mol. The molecule has 3 unspecified atom stereocenters. The maximum absolute atomic E-state index is 4.75. The van der Waals surface area contributed by atoms with Gasteiger partial charge in [-0.25, -0.2) is 0 Å². The second kappa shape index (κ2) is 3.79. The molecule has 1 N–H and O–H groups in total. The van der Waals surface area contributed by atoms with Crippen LogP contribution in [0.25, 0.3) is 0 Å². The summed E-state index contributed by atoms with van der Waals surface area (Å²) in [6.07, 6.45) is 5.72. The van der Waals surface area contributed by atoms with Crippen molar-refractivity contribution >= 4 is 5.71 Å². The maximum Gasteiger partial charge on any atom is 0.102 e. The van der Waals surface area contributed by atoms with Crippen molar-refractivity contribution in [2.24, 2.45) is 16.8 Å². The summed E-state index contributed by atoms with van der Waals surface area (Å²) >= 11 is 0. The molecule has 3 atom stereocenters. The molecule has 0 amide bonds. The van der Waals surface area contributed by atoms with Gasteiger partial charge >= 0.3 is 0 Å². The zero-order valence-corrected chi connectivity index (χ0v) is 8.71. The first-order valence-electron chi connectivity index (χ1n) is 5.52. The van der Waals surface area contributed by atoms with Crippen molar-refractivity contribution in [1.82, 2.24) is 5.32 Å². The third-order valence-electron chi connectivity index (χ3n) is 3.26. The van der Waals surface area contributed by atoms with Crippen LogP contribution in [0.2, 0.25) is 0 Å². The number of aliphatic imine (C=N–C) groups is 1. The van der Waals surface area contributed by atoms with E-state index < -0.39 is 0 Å². The quantitative estimate of drug-likeness (QED) is 0.607. The monoisotopic (exact) mass is 180 g/mol. The van der Waals surface area contributed by atoms with E-state index in [1.54, 1.807) is 0 Å². The van der Waals surface area contributed by atoms with E-state index in [2.05, 4.69) is 19.2 Å². The summed E-state index contributed by atoms with van der Waals surface area (Å²) in [4.78, 5) is 4.75. The van der Waals surface area contributed by atoms with E-state index in [0.29, 0.717) is 6.17 Å². The number of hydrogen-bond donors (Lipinski definition) is 1. The second-order valence-electron chi connectivity index (χ2n) is 4.71. The van der Waals surface area contributed by atoms with E-state index in [-0.39, 0.29) is 0 Å². The number of fused-ring (bicyclic) bond motifs is 1. The predicted molar refractivity (Wildman–Crippen MR) is 56.0 cm³/mol. The lowest BCUT2D eigenvalue weighted by molar-refractivity contribution is 0.253. The van der Waals surface area contributed by atoms with Crippen LogP contribution >= 0.6 is 0 Å². The van der Waals surface area contributed by atoms with E-state index >= 15 is 0 Å². The van der Waals surface area contributed by atoms with Gasteiger partial charge in [0, 0.05) is 5.71 Å². The molecule has 0 aromatic carbocycles. The van der Waals surface area contributed by atoms with Gasteiger partial charge in [0.25, 0.3) is 0 Å². The van der Waals surface area contributed by atoms with Crippen LogP contribution in [-0.2, 0) is 0 Å². The van der Waals surface area contributed by atoms with Crippen molar-refractivity contribution < 1.29 is 0 Å². The molecule has 2 aliphatic rings. The van der Waals surface area contributed by atoms with Crippen LogP contribution in [0.4, 0.5) is 0 Å². The highest BCUT2D eigenvalue weighted by Crippen LogP contribution is 2.29. The Morgan fingerprint density at radius 3 is 3.15 bits per heavy atom. The molecule has 2 heteroatoms. The molecule has 1 fully saturated rings. The Hall–Kier alpha value is -0.370. The highest BCUT2D eigenvalue weighted by Gasteiger charge is 2.28. The Balaban J connectivity index is 2.11. The molecule has 0 aromatic heterocycles. The average Bonchev–Trinajstić information content (AvgIpc) is 2.20. The van der Waals surface area contributed by atoms with Crippen LogP contribution in [0.3, 0.4) is 0 Å². The molecular formula is C11H20N2. The van der Waals surface area contributed by atoms with E-state index in [4.69, 9.17) is 4.99 Å². The lowest BCUT2D eigenvalue weighted by Crippen LogP contribution is -2.39. The van der Waals surface area contributed by atoms with Gasteiger partial charge in [-0.15, -0.1) is 0 Å². The molecule has 2 nitrogen and oxygen atoms in total. The van der Waals surface area contributed by atoms with Gasteiger partial charge in [0.2, 0.25) is 0 Å². The number of rotatable bonds is 0. The van der Waals surface area contributed by atoms with Crippen LogP contribution in [-0.4, -0.2) is 18.4 Å². The summed E-state index contributed by atoms with van der Waals surface area (Å²) in [5, 5.41) is 3.52. The van der Waals surface area contributed by atoms with Gasteiger partial charge in [0.15, 0.2) is 0 Å². The topological polar surface area (TPSA) is 24.4 Å². The van der Waals surface area contributed by atoms with Gasteiger partial charge in [-0.05, 0) is 51.0 Å². The van der Waals surface area contributed by atoms with Gasteiger partial charge in [-0.2, -0.15) is 0 Å². The SMILES string of the molecule is CC1=NC2NCCCC2CC(C)C1. The first-order chi connectivity index (χ1) is 6.25. The van der Waals surface area contributed by atoms with Gasteiger partial charge in [-0.1, -0.05) is 6.92 Å². The van der Waals surface area contributed by atoms with Crippen molar-refractivity contribution in [2.75, 3.05) is 6.54 Å².